The molecule has 4 saturated carbocycles. The lowest BCUT2D eigenvalue weighted by Crippen LogP contribution is -2.57. The van der Waals surface area contributed by atoms with Crippen molar-refractivity contribution in [2.24, 2.45) is 23.2 Å². The van der Waals surface area contributed by atoms with E-state index < -0.39 is 5.97 Å². The Balaban J connectivity index is 1.80. The Morgan fingerprint density at radius 1 is 1.32 bits per heavy atom. The molecule has 4 aliphatic carbocycles. The van der Waals surface area contributed by atoms with Gasteiger partial charge in [-0.15, -0.1) is 0 Å². The van der Waals surface area contributed by atoms with Gasteiger partial charge in [0.1, 0.15) is 6.10 Å². The van der Waals surface area contributed by atoms with E-state index in [1.807, 2.05) is 0 Å². The maximum atomic E-state index is 11.9. The minimum atomic E-state index is -0.396. The molecule has 0 aromatic carbocycles. The minimum absolute atomic E-state index is 0.0566. The fraction of sp³-hybridized carbons (Fsp3) is 0.812. The third-order valence-corrected chi connectivity index (χ3v) is 5.78. The second-order valence-electron chi connectivity index (χ2n) is 6.91. The molecule has 0 aromatic heterocycles. The lowest BCUT2D eigenvalue weighted by Gasteiger charge is -2.60. The summed E-state index contributed by atoms with van der Waals surface area (Å²) in [5.74, 6) is 1.86. The molecular weight excluding hydrogens is 240 g/mol. The first-order valence-electron chi connectivity index (χ1n) is 7.57. The molecule has 0 aliphatic heterocycles. The first kappa shape index (κ1) is 13.2. The van der Waals surface area contributed by atoms with Crippen LogP contribution in [0.15, 0.2) is 12.2 Å². The van der Waals surface area contributed by atoms with Crippen molar-refractivity contribution in [2.45, 2.75) is 51.6 Å². The molecular formula is C16H24O3. The summed E-state index contributed by atoms with van der Waals surface area (Å²) in [5, 5.41) is 9.01. The SMILES string of the molecule is C=C(CO)C(=O)OC1C2CC3CC(C2)CC1(CC)C3. The van der Waals surface area contributed by atoms with Crippen LogP contribution in [0.3, 0.4) is 0 Å². The van der Waals surface area contributed by atoms with Gasteiger partial charge >= 0.3 is 5.97 Å². The van der Waals surface area contributed by atoms with Crippen LogP contribution in [0.5, 0.6) is 0 Å². The Labute approximate surface area is 115 Å². The van der Waals surface area contributed by atoms with Gasteiger partial charge in [-0.2, -0.15) is 0 Å². The van der Waals surface area contributed by atoms with Crippen LogP contribution in [0.1, 0.15) is 45.4 Å². The number of hydrogen-bond donors (Lipinski definition) is 1. The van der Waals surface area contributed by atoms with Crippen molar-refractivity contribution in [3.05, 3.63) is 12.2 Å². The van der Waals surface area contributed by atoms with Gasteiger partial charge in [0.15, 0.2) is 0 Å². The van der Waals surface area contributed by atoms with Gasteiger partial charge in [-0.05, 0) is 56.3 Å². The average Bonchev–Trinajstić information content (AvgIpc) is 2.40. The summed E-state index contributed by atoms with van der Waals surface area (Å²) in [7, 11) is 0. The Kier molecular flexibility index (Phi) is 3.20. The molecule has 3 heteroatoms. The molecule has 4 fully saturated rings. The summed E-state index contributed by atoms with van der Waals surface area (Å²) in [6.07, 6.45) is 7.44. The highest BCUT2D eigenvalue weighted by molar-refractivity contribution is 5.88. The molecule has 4 bridgehead atoms. The van der Waals surface area contributed by atoms with E-state index in [1.165, 1.54) is 32.1 Å². The highest BCUT2D eigenvalue weighted by atomic mass is 16.5. The molecule has 0 radical (unpaired) electrons. The smallest absolute Gasteiger partial charge is 0.336 e. The van der Waals surface area contributed by atoms with E-state index in [4.69, 9.17) is 9.84 Å². The highest BCUT2D eigenvalue weighted by Gasteiger charge is 2.57. The summed E-state index contributed by atoms with van der Waals surface area (Å²) in [4.78, 5) is 11.9. The molecule has 106 valence electrons. The number of aliphatic hydroxyl groups excluding tert-OH is 1. The lowest BCUT2D eigenvalue weighted by molar-refractivity contribution is -0.191. The highest BCUT2D eigenvalue weighted by Crippen LogP contribution is 2.62. The van der Waals surface area contributed by atoms with Gasteiger partial charge in [0.05, 0.1) is 12.2 Å². The number of hydrogen-bond acceptors (Lipinski definition) is 3. The molecule has 3 nitrogen and oxygen atoms in total. The topological polar surface area (TPSA) is 46.5 Å². The predicted octanol–water partition coefficient (Wildman–Crippen LogP) is 2.68. The lowest BCUT2D eigenvalue weighted by atomic mass is 9.47. The van der Waals surface area contributed by atoms with E-state index in [9.17, 15) is 4.79 Å². The first-order valence-corrected chi connectivity index (χ1v) is 7.57. The quantitative estimate of drug-likeness (QED) is 0.627. The summed E-state index contributed by atoms with van der Waals surface area (Å²) < 4.78 is 5.78. The second kappa shape index (κ2) is 4.62. The summed E-state index contributed by atoms with van der Waals surface area (Å²) in [6.45, 7) is 5.51. The van der Waals surface area contributed by atoms with Crippen molar-refractivity contribution in [1.82, 2.24) is 0 Å². The molecule has 1 N–H and O–H groups in total. The predicted molar refractivity (Wildman–Crippen MR) is 72.4 cm³/mol. The number of carbonyl (C=O) groups excluding carboxylic acids is 1. The molecule has 19 heavy (non-hydrogen) atoms. The Morgan fingerprint density at radius 3 is 2.47 bits per heavy atom. The Bertz CT molecular complexity index is 387. The van der Waals surface area contributed by atoms with Crippen LogP contribution in [0.2, 0.25) is 0 Å². The van der Waals surface area contributed by atoms with Crippen LogP contribution in [-0.2, 0) is 9.53 Å². The molecule has 4 rings (SSSR count). The standard InChI is InChI=1S/C16H24O3/c1-3-16-7-11-4-12(8-16)6-13(5-11)14(16)19-15(18)10(2)9-17/h11-14,17H,2-9H2,1H3. The van der Waals surface area contributed by atoms with Crippen LogP contribution >= 0.6 is 0 Å². The van der Waals surface area contributed by atoms with Gasteiger partial charge < -0.3 is 9.84 Å². The van der Waals surface area contributed by atoms with E-state index in [0.29, 0.717) is 5.92 Å². The zero-order valence-electron chi connectivity index (χ0n) is 11.7. The van der Waals surface area contributed by atoms with Crippen molar-refractivity contribution < 1.29 is 14.6 Å². The molecule has 4 aliphatic rings. The van der Waals surface area contributed by atoms with Crippen molar-refractivity contribution >= 4 is 5.97 Å². The largest absolute Gasteiger partial charge is 0.458 e. The molecule has 3 atom stereocenters. The van der Waals surface area contributed by atoms with Crippen molar-refractivity contribution in [2.75, 3.05) is 6.61 Å². The monoisotopic (exact) mass is 264 g/mol. The number of aliphatic hydroxyl groups is 1. The minimum Gasteiger partial charge on any atom is -0.458 e. The summed E-state index contributed by atoms with van der Waals surface area (Å²) in [5.41, 5.74) is 0.389. The molecule has 3 unspecified atom stereocenters. The second-order valence-corrected chi connectivity index (χ2v) is 6.91. The Hall–Kier alpha value is -0.830. The van der Waals surface area contributed by atoms with Gasteiger partial charge in [-0.1, -0.05) is 13.5 Å². The molecule has 0 heterocycles. The van der Waals surface area contributed by atoms with Gasteiger partial charge in [0.25, 0.3) is 0 Å². The van der Waals surface area contributed by atoms with Gasteiger partial charge in [-0.3, -0.25) is 0 Å². The van der Waals surface area contributed by atoms with Crippen LogP contribution in [-0.4, -0.2) is 23.8 Å². The third-order valence-electron chi connectivity index (χ3n) is 5.78. The van der Waals surface area contributed by atoms with E-state index >= 15 is 0 Å². The third kappa shape index (κ3) is 2.03. The van der Waals surface area contributed by atoms with Crippen LogP contribution in [0.25, 0.3) is 0 Å². The Morgan fingerprint density at radius 2 is 1.95 bits per heavy atom. The fourth-order valence-electron chi connectivity index (χ4n) is 5.14. The molecule has 0 aromatic rings. The van der Waals surface area contributed by atoms with Crippen molar-refractivity contribution in [3.8, 4) is 0 Å². The van der Waals surface area contributed by atoms with E-state index in [1.54, 1.807) is 0 Å². The number of carbonyl (C=O) groups is 1. The molecule has 0 spiro atoms. The van der Waals surface area contributed by atoms with E-state index in [2.05, 4.69) is 13.5 Å². The fourth-order valence-corrected chi connectivity index (χ4v) is 5.14. The zero-order valence-corrected chi connectivity index (χ0v) is 11.7. The maximum Gasteiger partial charge on any atom is 0.336 e. The van der Waals surface area contributed by atoms with Crippen LogP contribution in [0.4, 0.5) is 0 Å². The van der Waals surface area contributed by atoms with Crippen molar-refractivity contribution in [3.63, 3.8) is 0 Å². The van der Waals surface area contributed by atoms with Crippen LogP contribution in [0, 0.1) is 23.2 Å². The van der Waals surface area contributed by atoms with Crippen molar-refractivity contribution in [1.29, 1.82) is 0 Å². The van der Waals surface area contributed by atoms with E-state index in [0.717, 1.165) is 18.3 Å². The summed E-state index contributed by atoms with van der Waals surface area (Å²) in [6, 6.07) is 0. The zero-order chi connectivity index (χ0) is 13.6. The summed E-state index contributed by atoms with van der Waals surface area (Å²) >= 11 is 0. The number of esters is 1. The van der Waals surface area contributed by atoms with Gasteiger partial charge in [0.2, 0.25) is 0 Å². The van der Waals surface area contributed by atoms with Gasteiger partial charge in [0, 0.05) is 5.41 Å². The van der Waals surface area contributed by atoms with E-state index in [-0.39, 0.29) is 23.7 Å². The van der Waals surface area contributed by atoms with Gasteiger partial charge in [-0.25, -0.2) is 4.79 Å². The maximum absolute atomic E-state index is 11.9. The van der Waals surface area contributed by atoms with Crippen LogP contribution < -0.4 is 0 Å². The molecule has 0 amide bonds. The first-order chi connectivity index (χ1) is 9.08. The molecule has 0 saturated heterocycles. The average molecular weight is 264 g/mol. The number of rotatable bonds is 4. The number of ether oxygens (including phenoxy) is 1. The normalized spacial score (nSPS) is 43.3.